The molecule has 0 saturated heterocycles. The molecule has 1 rings (SSSR count). The van der Waals surface area contributed by atoms with Crippen molar-refractivity contribution in [1.29, 1.82) is 0 Å². The van der Waals surface area contributed by atoms with E-state index in [1.54, 1.807) is 6.92 Å². The van der Waals surface area contributed by atoms with E-state index in [2.05, 4.69) is 4.74 Å². The summed E-state index contributed by atoms with van der Waals surface area (Å²) >= 11 is 1.10. The lowest BCUT2D eigenvalue weighted by Gasteiger charge is -1.92. The Hall–Kier alpha value is -0.900. The summed E-state index contributed by atoms with van der Waals surface area (Å²) in [6.07, 6.45) is 0. The number of aryl methyl sites for hydroxylation is 1. The lowest BCUT2D eigenvalue weighted by Crippen LogP contribution is -1.99. The minimum Gasteiger partial charge on any atom is -0.465 e. The molecule has 0 unspecified atom stereocenters. The van der Waals surface area contributed by atoms with E-state index < -0.39 is 11.8 Å². The monoisotopic (exact) mass is 204 g/mol. The van der Waals surface area contributed by atoms with Crippen molar-refractivity contribution in [2.24, 2.45) is 0 Å². The number of hydrogen-bond donors (Lipinski definition) is 0. The molecule has 0 aromatic carbocycles. The van der Waals surface area contributed by atoms with Gasteiger partial charge < -0.3 is 4.74 Å². The Morgan fingerprint density at radius 3 is 2.38 bits per heavy atom. The highest BCUT2D eigenvalue weighted by atomic mass is 32.1. The van der Waals surface area contributed by atoms with Gasteiger partial charge in [0.2, 0.25) is 0 Å². The average Bonchev–Trinajstić information content (AvgIpc) is 2.47. The highest BCUT2D eigenvalue weighted by Crippen LogP contribution is 2.20. The molecule has 0 N–H and O–H groups in total. The van der Waals surface area contributed by atoms with Gasteiger partial charge in [-0.25, -0.2) is 9.18 Å². The Morgan fingerprint density at radius 1 is 1.54 bits per heavy atom. The van der Waals surface area contributed by atoms with Gasteiger partial charge >= 0.3 is 5.97 Å². The van der Waals surface area contributed by atoms with E-state index in [-0.39, 0.29) is 4.88 Å². The first kappa shape index (κ1) is 12.1. The highest BCUT2D eigenvalue weighted by molar-refractivity contribution is 7.13. The molecule has 0 spiro atoms. The Balaban J connectivity index is 0.000000671. The molecule has 0 aliphatic rings. The molecule has 1 aromatic heterocycles. The van der Waals surface area contributed by atoms with E-state index in [0.717, 1.165) is 16.2 Å². The lowest BCUT2D eigenvalue weighted by molar-refractivity contribution is 0.0601. The van der Waals surface area contributed by atoms with Gasteiger partial charge in [-0.15, -0.1) is 11.3 Å². The Bertz CT molecular complexity index is 281. The standard InChI is InChI=1S/C7H7FO2S.C2H6/c1-4-3-5(8)6(11-4)7(9)10-2;1-2/h3H,1-2H3;1-2H3. The quantitative estimate of drug-likeness (QED) is 0.657. The molecular formula is C9H13FO2S. The molecule has 74 valence electrons. The van der Waals surface area contributed by atoms with Crippen molar-refractivity contribution >= 4 is 17.3 Å². The fraction of sp³-hybridized carbons (Fsp3) is 0.444. The van der Waals surface area contributed by atoms with Crippen molar-refractivity contribution in [3.63, 3.8) is 0 Å². The molecule has 0 atom stereocenters. The zero-order chi connectivity index (χ0) is 10.4. The fourth-order valence-electron chi connectivity index (χ4n) is 0.715. The van der Waals surface area contributed by atoms with E-state index in [1.807, 2.05) is 13.8 Å². The minimum atomic E-state index is -0.611. The van der Waals surface area contributed by atoms with E-state index in [1.165, 1.54) is 13.2 Å². The zero-order valence-electron chi connectivity index (χ0n) is 8.18. The molecule has 0 saturated carbocycles. The van der Waals surface area contributed by atoms with Crippen LogP contribution in [0.3, 0.4) is 0 Å². The minimum absolute atomic E-state index is 0.0463. The van der Waals surface area contributed by atoms with Crippen LogP contribution in [0.1, 0.15) is 28.4 Å². The van der Waals surface area contributed by atoms with Gasteiger partial charge in [-0.1, -0.05) is 13.8 Å². The molecule has 0 aliphatic heterocycles. The highest BCUT2D eigenvalue weighted by Gasteiger charge is 2.14. The Morgan fingerprint density at radius 2 is 2.08 bits per heavy atom. The van der Waals surface area contributed by atoms with Crippen molar-refractivity contribution in [1.82, 2.24) is 0 Å². The van der Waals surface area contributed by atoms with E-state index >= 15 is 0 Å². The van der Waals surface area contributed by atoms with Gasteiger partial charge in [0.05, 0.1) is 7.11 Å². The molecule has 0 amide bonds. The van der Waals surface area contributed by atoms with Gasteiger partial charge in [0, 0.05) is 4.88 Å². The molecule has 2 nitrogen and oxygen atoms in total. The summed E-state index contributed by atoms with van der Waals surface area (Å²) in [7, 11) is 1.23. The molecule has 13 heavy (non-hydrogen) atoms. The zero-order valence-corrected chi connectivity index (χ0v) is 9.00. The molecule has 1 aromatic rings. The number of carbonyl (C=O) groups is 1. The maximum absolute atomic E-state index is 12.8. The molecular weight excluding hydrogens is 191 g/mol. The normalized spacial score (nSPS) is 8.69. The van der Waals surface area contributed by atoms with Crippen LogP contribution < -0.4 is 0 Å². The first-order valence-corrected chi connectivity index (χ1v) is 4.81. The van der Waals surface area contributed by atoms with Crippen LogP contribution in [-0.4, -0.2) is 13.1 Å². The molecule has 0 bridgehead atoms. The van der Waals surface area contributed by atoms with Crippen LogP contribution in [0.2, 0.25) is 0 Å². The van der Waals surface area contributed by atoms with Crippen molar-refractivity contribution in [2.45, 2.75) is 20.8 Å². The second-order valence-corrected chi connectivity index (χ2v) is 3.28. The summed E-state index contributed by atoms with van der Waals surface area (Å²) in [6, 6.07) is 1.32. The smallest absolute Gasteiger partial charge is 0.351 e. The van der Waals surface area contributed by atoms with E-state index in [0.29, 0.717) is 0 Å². The maximum Gasteiger partial charge on any atom is 0.351 e. The van der Waals surface area contributed by atoms with Gasteiger partial charge in [0.1, 0.15) is 10.7 Å². The van der Waals surface area contributed by atoms with Gasteiger partial charge in [0.15, 0.2) is 0 Å². The topological polar surface area (TPSA) is 26.3 Å². The number of methoxy groups -OCH3 is 1. The largest absolute Gasteiger partial charge is 0.465 e. The predicted molar refractivity (Wildman–Crippen MR) is 51.7 cm³/mol. The van der Waals surface area contributed by atoms with Crippen LogP contribution in [-0.2, 0) is 4.74 Å². The van der Waals surface area contributed by atoms with Crippen LogP contribution in [0.25, 0.3) is 0 Å². The average molecular weight is 204 g/mol. The first-order chi connectivity index (χ1) is 6.15. The van der Waals surface area contributed by atoms with Gasteiger partial charge in [-0.05, 0) is 13.0 Å². The summed E-state index contributed by atoms with van der Waals surface area (Å²) in [5.74, 6) is -1.11. The number of esters is 1. The molecule has 0 radical (unpaired) electrons. The van der Waals surface area contributed by atoms with Gasteiger partial charge in [-0.3, -0.25) is 0 Å². The van der Waals surface area contributed by atoms with Gasteiger partial charge in [-0.2, -0.15) is 0 Å². The number of carbonyl (C=O) groups excluding carboxylic acids is 1. The lowest BCUT2D eigenvalue weighted by atomic mass is 10.4. The van der Waals surface area contributed by atoms with Crippen molar-refractivity contribution in [2.75, 3.05) is 7.11 Å². The number of rotatable bonds is 1. The summed E-state index contributed by atoms with van der Waals surface area (Å²) < 4.78 is 17.1. The third-order valence-electron chi connectivity index (χ3n) is 1.18. The summed E-state index contributed by atoms with van der Waals surface area (Å²) in [5.41, 5.74) is 0. The van der Waals surface area contributed by atoms with E-state index in [4.69, 9.17) is 0 Å². The second-order valence-electron chi connectivity index (χ2n) is 2.03. The Labute approximate surface area is 81.3 Å². The third-order valence-corrected chi connectivity index (χ3v) is 2.19. The Kier molecular flexibility index (Phi) is 5.30. The second kappa shape index (κ2) is 5.70. The number of hydrogen-bond acceptors (Lipinski definition) is 3. The predicted octanol–water partition coefficient (Wildman–Crippen LogP) is 3.01. The molecule has 0 fully saturated rings. The third kappa shape index (κ3) is 3.14. The van der Waals surface area contributed by atoms with Crippen LogP contribution >= 0.6 is 11.3 Å². The number of thiophene rings is 1. The maximum atomic E-state index is 12.8. The SMILES string of the molecule is CC.COC(=O)c1sc(C)cc1F. The van der Waals surface area contributed by atoms with E-state index in [9.17, 15) is 9.18 Å². The van der Waals surface area contributed by atoms with Crippen LogP contribution in [0, 0.1) is 12.7 Å². The van der Waals surface area contributed by atoms with Gasteiger partial charge in [0.25, 0.3) is 0 Å². The van der Waals surface area contributed by atoms with Crippen LogP contribution in [0.5, 0.6) is 0 Å². The van der Waals surface area contributed by atoms with Crippen LogP contribution in [0.4, 0.5) is 4.39 Å². The number of ether oxygens (including phenoxy) is 1. The summed E-state index contributed by atoms with van der Waals surface area (Å²) in [6.45, 7) is 5.74. The van der Waals surface area contributed by atoms with Crippen molar-refractivity contribution < 1.29 is 13.9 Å². The first-order valence-electron chi connectivity index (χ1n) is 3.99. The fourth-order valence-corrected chi connectivity index (χ4v) is 1.52. The van der Waals surface area contributed by atoms with Crippen molar-refractivity contribution in [3.05, 3.63) is 21.6 Å². The van der Waals surface area contributed by atoms with Crippen LogP contribution in [0.15, 0.2) is 6.07 Å². The van der Waals surface area contributed by atoms with Crippen molar-refractivity contribution in [3.8, 4) is 0 Å². The molecule has 0 aliphatic carbocycles. The molecule has 4 heteroatoms. The number of halogens is 1. The summed E-state index contributed by atoms with van der Waals surface area (Å²) in [5, 5.41) is 0. The summed E-state index contributed by atoms with van der Waals surface area (Å²) in [4.78, 5) is 11.6. The molecule has 1 heterocycles.